The predicted octanol–water partition coefficient (Wildman–Crippen LogP) is 3.53. The molecule has 1 saturated heterocycles. The van der Waals surface area contributed by atoms with Crippen molar-refractivity contribution in [3.8, 4) is 0 Å². The number of ether oxygens (including phenoxy) is 2. The van der Waals surface area contributed by atoms with Crippen LogP contribution >= 0.6 is 0 Å². The Bertz CT molecular complexity index is 415. The van der Waals surface area contributed by atoms with E-state index in [1.165, 1.54) is 0 Å². The summed E-state index contributed by atoms with van der Waals surface area (Å²) in [4.78, 5) is 25.3. The number of amides is 1. The maximum atomic E-state index is 12.0. The van der Waals surface area contributed by atoms with E-state index in [4.69, 9.17) is 9.47 Å². The predicted molar refractivity (Wildman–Crippen MR) is 85.5 cm³/mol. The molecule has 1 heterocycles. The fourth-order valence-electron chi connectivity index (χ4n) is 2.35. The average Bonchev–Trinajstić information content (AvgIpc) is 2.43. The molecule has 0 N–H and O–H groups in total. The summed E-state index contributed by atoms with van der Waals surface area (Å²) in [5.74, 6) is 0.261. The third kappa shape index (κ3) is 6.50. The first-order chi connectivity index (χ1) is 10.2. The number of piperidine rings is 1. The molecule has 0 bridgehead atoms. The smallest absolute Gasteiger partial charge is 0.410 e. The Balaban J connectivity index is 2.38. The van der Waals surface area contributed by atoms with E-state index in [1.54, 1.807) is 18.7 Å². The monoisotopic (exact) mass is 311 g/mol. The molecule has 0 spiro atoms. The normalized spacial score (nSPS) is 17.3. The Morgan fingerprint density at radius 1 is 1.23 bits per heavy atom. The molecule has 22 heavy (non-hydrogen) atoms. The summed E-state index contributed by atoms with van der Waals surface area (Å²) in [7, 11) is 0. The molecule has 0 radical (unpaired) electrons. The van der Waals surface area contributed by atoms with Crippen molar-refractivity contribution in [1.29, 1.82) is 0 Å². The van der Waals surface area contributed by atoms with Gasteiger partial charge < -0.3 is 14.4 Å². The lowest BCUT2D eigenvalue weighted by Crippen LogP contribution is -2.41. The lowest BCUT2D eigenvalue weighted by Gasteiger charge is -2.33. The molecule has 0 saturated carbocycles. The van der Waals surface area contributed by atoms with E-state index < -0.39 is 5.60 Å². The Hall–Kier alpha value is -1.52. The summed E-state index contributed by atoms with van der Waals surface area (Å²) in [6, 6.07) is 0. The summed E-state index contributed by atoms with van der Waals surface area (Å²) in [6.07, 6.45) is 4.44. The van der Waals surface area contributed by atoms with E-state index in [-0.39, 0.29) is 12.1 Å². The minimum absolute atomic E-state index is 0.232. The summed E-state index contributed by atoms with van der Waals surface area (Å²) in [6.45, 7) is 11.0. The van der Waals surface area contributed by atoms with Crippen LogP contribution in [0.1, 0.15) is 53.9 Å². The first kappa shape index (κ1) is 18.5. The first-order valence-corrected chi connectivity index (χ1v) is 8.04. The van der Waals surface area contributed by atoms with Gasteiger partial charge in [-0.05, 0) is 59.8 Å². The van der Waals surface area contributed by atoms with Gasteiger partial charge in [0.2, 0.25) is 0 Å². The van der Waals surface area contributed by atoms with E-state index in [1.807, 2.05) is 26.8 Å². The van der Waals surface area contributed by atoms with Gasteiger partial charge in [0.25, 0.3) is 0 Å². The molecule has 0 aromatic heterocycles. The van der Waals surface area contributed by atoms with Gasteiger partial charge in [-0.25, -0.2) is 9.59 Å². The third-order valence-electron chi connectivity index (χ3n) is 3.62. The minimum atomic E-state index is -0.451. The second-order valence-electron chi connectivity index (χ2n) is 6.75. The Kier molecular flexibility index (Phi) is 6.91. The van der Waals surface area contributed by atoms with E-state index >= 15 is 0 Å². The lowest BCUT2D eigenvalue weighted by atomic mass is 9.93. The summed E-state index contributed by atoms with van der Waals surface area (Å²) < 4.78 is 10.3. The molecule has 1 fully saturated rings. The Morgan fingerprint density at radius 2 is 1.82 bits per heavy atom. The van der Waals surface area contributed by atoms with Gasteiger partial charge in [0.05, 0.1) is 6.61 Å². The van der Waals surface area contributed by atoms with Crippen LogP contribution < -0.4 is 0 Å². The molecule has 5 nitrogen and oxygen atoms in total. The maximum Gasteiger partial charge on any atom is 0.410 e. The van der Waals surface area contributed by atoms with E-state index in [0.29, 0.717) is 31.2 Å². The number of rotatable bonds is 4. The van der Waals surface area contributed by atoms with Gasteiger partial charge in [0, 0.05) is 18.7 Å². The van der Waals surface area contributed by atoms with Crippen LogP contribution in [-0.4, -0.2) is 42.3 Å². The van der Waals surface area contributed by atoms with Crippen LogP contribution in [0.3, 0.4) is 0 Å². The Morgan fingerprint density at radius 3 is 2.32 bits per heavy atom. The van der Waals surface area contributed by atoms with Crippen LogP contribution in [0.25, 0.3) is 0 Å². The van der Waals surface area contributed by atoms with Crippen molar-refractivity contribution in [3.05, 3.63) is 11.6 Å². The largest absolute Gasteiger partial charge is 0.463 e. The van der Waals surface area contributed by atoms with Gasteiger partial charge in [-0.1, -0.05) is 6.08 Å². The number of hydrogen-bond donors (Lipinski definition) is 0. The van der Waals surface area contributed by atoms with Crippen molar-refractivity contribution in [1.82, 2.24) is 4.90 Å². The zero-order valence-electron chi connectivity index (χ0n) is 14.5. The van der Waals surface area contributed by atoms with Gasteiger partial charge in [0.15, 0.2) is 0 Å². The fraction of sp³-hybridized carbons (Fsp3) is 0.765. The lowest BCUT2D eigenvalue weighted by molar-refractivity contribution is -0.138. The summed E-state index contributed by atoms with van der Waals surface area (Å²) in [5.41, 5.74) is 0.212. The Labute approximate surface area is 133 Å². The number of carbonyl (C=O) groups excluding carboxylic acids is 2. The van der Waals surface area contributed by atoms with Crippen LogP contribution in [0.5, 0.6) is 0 Å². The first-order valence-electron chi connectivity index (χ1n) is 8.04. The zero-order chi connectivity index (χ0) is 16.8. The van der Waals surface area contributed by atoms with Crippen LogP contribution in [0.4, 0.5) is 4.79 Å². The number of esters is 1. The second-order valence-corrected chi connectivity index (χ2v) is 6.75. The molecule has 5 heteroatoms. The van der Waals surface area contributed by atoms with Crippen molar-refractivity contribution in [2.24, 2.45) is 5.92 Å². The number of allylic oxidation sites excluding steroid dienone is 1. The fourth-order valence-corrected chi connectivity index (χ4v) is 2.35. The van der Waals surface area contributed by atoms with Gasteiger partial charge in [0.1, 0.15) is 5.60 Å². The van der Waals surface area contributed by atoms with Gasteiger partial charge >= 0.3 is 12.1 Å². The number of likely N-dealkylation sites (tertiary alicyclic amines) is 1. The quantitative estimate of drug-likeness (QED) is 0.588. The van der Waals surface area contributed by atoms with Crippen LogP contribution in [-0.2, 0) is 14.3 Å². The van der Waals surface area contributed by atoms with Crippen molar-refractivity contribution in [3.63, 3.8) is 0 Å². The third-order valence-corrected chi connectivity index (χ3v) is 3.62. The average molecular weight is 311 g/mol. The van der Waals surface area contributed by atoms with E-state index in [9.17, 15) is 9.59 Å². The highest BCUT2D eigenvalue weighted by Crippen LogP contribution is 2.23. The molecule has 0 aromatic carbocycles. The van der Waals surface area contributed by atoms with Crippen molar-refractivity contribution >= 4 is 12.1 Å². The standard InChI is InChI=1S/C17H29NO4/c1-6-21-15(19)13(2)7-8-14-9-11-18(12-10-14)16(20)22-17(3,4)5/h7,14H,6,8-12H2,1-5H3. The minimum Gasteiger partial charge on any atom is -0.463 e. The summed E-state index contributed by atoms with van der Waals surface area (Å²) >= 11 is 0. The van der Waals surface area contributed by atoms with Crippen molar-refractivity contribution < 1.29 is 19.1 Å². The number of hydrogen-bond acceptors (Lipinski definition) is 4. The topological polar surface area (TPSA) is 55.8 Å². The molecule has 1 aliphatic heterocycles. The van der Waals surface area contributed by atoms with Crippen molar-refractivity contribution in [2.75, 3.05) is 19.7 Å². The number of nitrogens with zero attached hydrogens (tertiary/aromatic N) is 1. The molecule has 0 aliphatic carbocycles. The number of carbonyl (C=O) groups is 2. The van der Waals surface area contributed by atoms with Crippen LogP contribution in [0, 0.1) is 5.92 Å². The molecule has 1 amide bonds. The molecule has 1 rings (SSSR count). The summed E-state index contributed by atoms with van der Waals surface area (Å²) in [5, 5.41) is 0. The zero-order valence-corrected chi connectivity index (χ0v) is 14.5. The van der Waals surface area contributed by atoms with Gasteiger partial charge in [-0.3, -0.25) is 0 Å². The molecular formula is C17H29NO4. The van der Waals surface area contributed by atoms with Crippen LogP contribution in [0.15, 0.2) is 11.6 Å². The second kappa shape index (κ2) is 8.20. The van der Waals surface area contributed by atoms with Gasteiger partial charge in [-0.2, -0.15) is 0 Å². The van der Waals surface area contributed by atoms with E-state index in [2.05, 4.69) is 0 Å². The molecule has 0 unspecified atom stereocenters. The molecule has 1 aliphatic rings. The van der Waals surface area contributed by atoms with Crippen molar-refractivity contribution in [2.45, 2.75) is 59.5 Å². The molecule has 126 valence electrons. The maximum absolute atomic E-state index is 12.0. The highest BCUT2D eigenvalue weighted by Gasteiger charge is 2.26. The van der Waals surface area contributed by atoms with Crippen LogP contribution in [0.2, 0.25) is 0 Å². The van der Waals surface area contributed by atoms with Gasteiger partial charge in [-0.15, -0.1) is 0 Å². The highest BCUT2D eigenvalue weighted by molar-refractivity contribution is 5.87. The molecule has 0 atom stereocenters. The SMILES string of the molecule is CCOC(=O)C(C)=CCC1CCN(C(=O)OC(C)(C)C)CC1. The van der Waals surface area contributed by atoms with E-state index in [0.717, 1.165) is 19.3 Å². The highest BCUT2D eigenvalue weighted by atomic mass is 16.6. The molecule has 0 aromatic rings. The molecular weight excluding hydrogens is 282 g/mol.